The van der Waals surface area contributed by atoms with Crippen molar-refractivity contribution < 1.29 is 33.5 Å². The Labute approximate surface area is 278 Å². The summed E-state index contributed by atoms with van der Waals surface area (Å²) in [6.07, 6.45) is 0.759. The monoisotopic (exact) mass is 664 g/mol. The zero-order valence-electron chi connectivity index (χ0n) is 26.9. The van der Waals surface area contributed by atoms with Gasteiger partial charge in [0.25, 0.3) is 5.69 Å². The number of nitrogen functional groups attached to an aromatic ring is 1. The fraction of sp³-hybridized carbons (Fsp3) is 0.265. The van der Waals surface area contributed by atoms with Gasteiger partial charge in [-0.05, 0) is 53.9 Å². The number of carbonyl (C=O) groups is 1. The SMILES string of the molecule is CON(C)C(=O)Nc1ccc(Oc2ccc3c(c2)OC(C)(OC)CC3(C)C)cc1.Nc1c([N+](=O)[O-])ccc(Oc2ccccc2)c1Cl. The summed E-state index contributed by atoms with van der Waals surface area (Å²) in [5.74, 6) is 2.25. The van der Waals surface area contributed by atoms with Crippen LogP contribution in [-0.2, 0) is 15.0 Å². The van der Waals surface area contributed by atoms with Gasteiger partial charge in [-0.3, -0.25) is 15.0 Å². The second-order valence-corrected chi connectivity index (χ2v) is 11.8. The van der Waals surface area contributed by atoms with Crippen molar-refractivity contribution >= 4 is 34.7 Å². The Morgan fingerprint density at radius 2 is 1.60 bits per heavy atom. The third-order valence-electron chi connectivity index (χ3n) is 7.39. The van der Waals surface area contributed by atoms with E-state index in [0.29, 0.717) is 22.9 Å². The fourth-order valence-electron chi connectivity index (χ4n) is 4.93. The van der Waals surface area contributed by atoms with Crippen LogP contribution in [-0.4, -0.2) is 43.1 Å². The summed E-state index contributed by atoms with van der Waals surface area (Å²) >= 11 is 5.94. The molecule has 4 aromatic rings. The molecule has 0 bridgehead atoms. The van der Waals surface area contributed by atoms with E-state index in [9.17, 15) is 14.9 Å². The maximum atomic E-state index is 11.8. The highest BCUT2D eigenvalue weighted by Crippen LogP contribution is 2.46. The maximum Gasteiger partial charge on any atom is 0.345 e. The number of carbonyl (C=O) groups excluding carboxylic acids is 1. The van der Waals surface area contributed by atoms with Gasteiger partial charge in [-0.15, -0.1) is 0 Å². The Kier molecular flexibility index (Phi) is 10.8. The van der Waals surface area contributed by atoms with Crippen LogP contribution in [0.4, 0.5) is 21.9 Å². The minimum Gasteiger partial charge on any atom is -0.462 e. The molecule has 248 valence electrons. The molecule has 13 heteroatoms. The van der Waals surface area contributed by atoms with Crippen LogP contribution in [0.3, 0.4) is 0 Å². The van der Waals surface area contributed by atoms with Crippen molar-refractivity contribution in [2.24, 2.45) is 0 Å². The first-order chi connectivity index (χ1) is 22.2. The molecule has 1 heterocycles. The van der Waals surface area contributed by atoms with E-state index in [2.05, 4.69) is 19.2 Å². The van der Waals surface area contributed by atoms with Gasteiger partial charge in [0.2, 0.25) is 5.79 Å². The maximum absolute atomic E-state index is 11.8. The van der Waals surface area contributed by atoms with Gasteiger partial charge in [0.15, 0.2) is 0 Å². The molecule has 1 unspecified atom stereocenters. The van der Waals surface area contributed by atoms with Crippen molar-refractivity contribution in [2.75, 3.05) is 32.3 Å². The quantitative estimate of drug-likeness (QED) is 0.107. The number of fused-ring (bicyclic) bond motifs is 1. The highest BCUT2D eigenvalue weighted by molar-refractivity contribution is 6.35. The molecule has 4 aromatic carbocycles. The Bertz CT molecular complexity index is 1720. The van der Waals surface area contributed by atoms with Crippen LogP contribution < -0.4 is 25.3 Å². The summed E-state index contributed by atoms with van der Waals surface area (Å²) in [6, 6.07) is 24.2. The van der Waals surface area contributed by atoms with E-state index in [1.165, 1.54) is 26.3 Å². The number of ether oxygens (including phenoxy) is 4. The van der Waals surface area contributed by atoms with E-state index in [1.54, 1.807) is 55.6 Å². The number of urea groups is 1. The van der Waals surface area contributed by atoms with Gasteiger partial charge >= 0.3 is 6.03 Å². The summed E-state index contributed by atoms with van der Waals surface area (Å²) < 4.78 is 23.2. The summed E-state index contributed by atoms with van der Waals surface area (Å²) in [6.45, 7) is 6.31. The molecule has 0 aromatic heterocycles. The zero-order chi connectivity index (χ0) is 34.4. The van der Waals surface area contributed by atoms with Crippen molar-refractivity contribution in [2.45, 2.75) is 38.4 Å². The van der Waals surface area contributed by atoms with Crippen LogP contribution in [0.15, 0.2) is 84.9 Å². The Balaban J connectivity index is 0.000000238. The van der Waals surface area contributed by atoms with Gasteiger partial charge in [0.05, 0.1) is 12.0 Å². The van der Waals surface area contributed by atoms with Crippen LogP contribution in [0, 0.1) is 10.1 Å². The van der Waals surface area contributed by atoms with Gasteiger partial charge in [0.1, 0.15) is 39.5 Å². The highest BCUT2D eigenvalue weighted by atomic mass is 35.5. The number of nitro groups is 1. The van der Waals surface area contributed by atoms with Crippen molar-refractivity contribution in [1.29, 1.82) is 0 Å². The van der Waals surface area contributed by atoms with E-state index in [-0.39, 0.29) is 33.6 Å². The first-order valence-electron chi connectivity index (χ1n) is 14.5. The van der Waals surface area contributed by atoms with Crippen molar-refractivity contribution in [3.8, 4) is 28.7 Å². The number of anilines is 2. The summed E-state index contributed by atoms with van der Waals surface area (Å²) in [7, 11) is 4.61. The lowest BCUT2D eigenvalue weighted by molar-refractivity contribution is -0.383. The van der Waals surface area contributed by atoms with E-state index in [0.717, 1.165) is 22.8 Å². The Morgan fingerprint density at radius 3 is 2.21 bits per heavy atom. The molecule has 0 saturated carbocycles. The molecule has 1 aliphatic heterocycles. The number of nitrogens with zero attached hydrogens (tertiary/aromatic N) is 2. The minimum absolute atomic E-state index is 0.0352. The second-order valence-electron chi connectivity index (χ2n) is 11.4. The molecule has 5 rings (SSSR count). The van der Waals surface area contributed by atoms with Crippen molar-refractivity contribution in [3.63, 3.8) is 0 Å². The van der Waals surface area contributed by atoms with Gasteiger partial charge in [-0.2, -0.15) is 0 Å². The predicted molar refractivity (Wildman–Crippen MR) is 179 cm³/mol. The molecular weight excluding hydrogens is 628 g/mol. The highest BCUT2D eigenvalue weighted by Gasteiger charge is 2.42. The first-order valence-corrected chi connectivity index (χ1v) is 14.8. The molecule has 1 atom stereocenters. The van der Waals surface area contributed by atoms with Gasteiger partial charge in [-0.1, -0.05) is 49.7 Å². The molecule has 3 N–H and O–H groups in total. The minimum atomic E-state index is -0.676. The number of hydrogen-bond acceptors (Lipinski definition) is 9. The van der Waals surface area contributed by atoms with E-state index in [1.807, 2.05) is 31.2 Å². The summed E-state index contributed by atoms with van der Waals surface area (Å²) in [5.41, 5.74) is 6.93. The molecule has 47 heavy (non-hydrogen) atoms. The number of nitrogens with one attached hydrogen (secondary N) is 1. The molecule has 0 aliphatic carbocycles. The predicted octanol–water partition coefficient (Wildman–Crippen LogP) is 8.55. The van der Waals surface area contributed by atoms with Crippen LogP contribution in [0.25, 0.3) is 0 Å². The number of hydrogen-bond donors (Lipinski definition) is 2. The van der Waals surface area contributed by atoms with Gasteiger partial charge in [-0.25, -0.2) is 9.86 Å². The lowest BCUT2D eigenvalue weighted by Gasteiger charge is -2.43. The van der Waals surface area contributed by atoms with E-state index < -0.39 is 10.7 Å². The van der Waals surface area contributed by atoms with E-state index >= 15 is 0 Å². The number of nitrogens with two attached hydrogens (primary N) is 1. The molecule has 12 nitrogen and oxygen atoms in total. The number of methoxy groups -OCH3 is 1. The average Bonchev–Trinajstić information content (AvgIpc) is 3.04. The number of benzene rings is 4. The summed E-state index contributed by atoms with van der Waals surface area (Å²) in [5, 5.41) is 14.5. The number of hydroxylamine groups is 2. The number of nitro benzene ring substituents is 1. The second kappa shape index (κ2) is 14.6. The molecule has 1 aliphatic rings. The number of rotatable bonds is 8. The topological polar surface area (TPSA) is 148 Å². The summed E-state index contributed by atoms with van der Waals surface area (Å²) in [4.78, 5) is 26.7. The molecule has 0 radical (unpaired) electrons. The fourth-order valence-corrected chi connectivity index (χ4v) is 5.13. The molecule has 0 fully saturated rings. The normalized spacial score (nSPS) is 16.0. The smallest absolute Gasteiger partial charge is 0.345 e. The van der Waals surface area contributed by atoms with Crippen LogP contribution >= 0.6 is 11.6 Å². The number of amides is 2. The third kappa shape index (κ3) is 8.61. The van der Waals surface area contributed by atoms with Crippen molar-refractivity contribution in [1.82, 2.24) is 5.06 Å². The third-order valence-corrected chi connectivity index (χ3v) is 7.78. The van der Waals surface area contributed by atoms with Gasteiger partial charge < -0.3 is 30.0 Å². The molecule has 0 saturated heterocycles. The van der Waals surface area contributed by atoms with Gasteiger partial charge in [0, 0.05) is 50.9 Å². The van der Waals surface area contributed by atoms with Crippen molar-refractivity contribution in [3.05, 3.63) is 106 Å². The Hall–Kier alpha value is -5.04. The van der Waals surface area contributed by atoms with Crippen LogP contribution in [0.1, 0.15) is 32.8 Å². The molecule has 0 spiro atoms. The lowest BCUT2D eigenvalue weighted by atomic mass is 9.76. The first kappa shape index (κ1) is 34.8. The largest absolute Gasteiger partial charge is 0.462 e. The number of para-hydroxylation sites is 1. The molecular formula is C34H37ClN4O8. The van der Waals surface area contributed by atoms with E-state index in [4.69, 9.17) is 41.1 Å². The Morgan fingerprint density at radius 1 is 0.957 bits per heavy atom. The molecule has 2 amide bonds. The zero-order valence-corrected chi connectivity index (χ0v) is 27.7. The average molecular weight is 665 g/mol. The number of halogens is 1. The lowest BCUT2D eigenvalue weighted by Crippen LogP contribution is -2.45. The van der Waals surface area contributed by atoms with Crippen LogP contribution in [0.5, 0.6) is 28.7 Å². The standard InChI is InChI=1S/C22H28N2O5.C12H9ClN2O3/c1-21(2)14-22(3,26-5)29-19-13-17(11-12-18(19)21)28-16-9-7-15(8-10-16)23-20(25)24(4)27-6;13-11-10(18-8-4-2-1-3-5-8)7-6-9(12(11)14)15(16)17/h7-13H,14H2,1-6H3,(H,23,25);1-7H,14H2. The van der Waals surface area contributed by atoms with Crippen LogP contribution in [0.2, 0.25) is 5.02 Å².